The lowest BCUT2D eigenvalue weighted by molar-refractivity contribution is -0.145. The highest BCUT2D eigenvalue weighted by atomic mass is 32.2. The van der Waals surface area contributed by atoms with Crippen LogP contribution in [-0.4, -0.2) is 18.9 Å². The second-order valence-corrected chi connectivity index (χ2v) is 7.06. The fourth-order valence-electron chi connectivity index (χ4n) is 1.11. The second kappa shape index (κ2) is 5.54. The number of nitrogens with one attached hydrogen (secondary N) is 1. The van der Waals surface area contributed by atoms with Crippen LogP contribution in [0.25, 0.3) is 0 Å². The van der Waals surface area contributed by atoms with Gasteiger partial charge in [0, 0.05) is 24.0 Å². The van der Waals surface area contributed by atoms with E-state index in [0.717, 1.165) is 12.4 Å². The van der Waals surface area contributed by atoms with Crippen molar-refractivity contribution in [1.82, 2.24) is 14.7 Å². The van der Waals surface area contributed by atoms with E-state index in [9.17, 15) is 17.4 Å². The Labute approximate surface area is 112 Å². The summed E-state index contributed by atoms with van der Waals surface area (Å²) in [6.07, 6.45) is -2.37. The quantitative estimate of drug-likeness (QED) is 0.932. The molecule has 1 aromatic rings. The molecule has 0 spiro atoms. The predicted octanol–water partition coefficient (Wildman–Crippen LogP) is 2.61. The Hall–Kier alpha value is -1.02. The van der Waals surface area contributed by atoms with Gasteiger partial charge in [-0.2, -0.15) is 13.2 Å². The maximum Gasteiger partial charge on any atom is 0.451 e. The van der Waals surface area contributed by atoms with Crippen molar-refractivity contribution in [2.45, 2.75) is 44.7 Å². The molecule has 0 saturated carbocycles. The number of alkyl halides is 3. The SMILES string of the molecule is CC(NS(=O)C(C)(C)C)c1cnc(C(F)(F)F)nc1. The summed E-state index contributed by atoms with van der Waals surface area (Å²) >= 11 is 0. The molecule has 1 rings (SSSR count). The van der Waals surface area contributed by atoms with Gasteiger partial charge in [-0.15, -0.1) is 0 Å². The molecule has 0 aliphatic rings. The smallest absolute Gasteiger partial charge is 0.242 e. The summed E-state index contributed by atoms with van der Waals surface area (Å²) in [6.45, 7) is 7.08. The predicted molar refractivity (Wildman–Crippen MR) is 66.5 cm³/mol. The van der Waals surface area contributed by atoms with Crippen LogP contribution < -0.4 is 4.72 Å². The van der Waals surface area contributed by atoms with Gasteiger partial charge in [0.15, 0.2) is 0 Å². The van der Waals surface area contributed by atoms with E-state index in [2.05, 4.69) is 14.7 Å². The minimum Gasteiger partial charge on any atom is -0.242 e. The van der Waals surface area contributed by atoms with Crippen LogP contribution in [0.15, 0.2) is 12.4 Å². The van der Waals surface area contributed by atoms with Crippen molar-refractivity contribution in [2.24, 2.45) is 0 Å². The van der Waals surface area contributed by atoms with Crippen molar-refractivity contribution in [1.29, 1.82) is 0 Å². The fraction of sp³-hybridized carbons (Fsp3) is 0.636. The Balaban J connectivity index is 2.79. The molecule has 2 atom stereocenters. The third-order valence-electron chi connectivity index (χ3n) is 2.27. The van der Waals surface area contributed by atoms with Gasteiger partial charge in [0.2, 0.25) is 5.82 Å². The Morgan fingerprint density at radius 1 is 1.21 bits per heavy atom. The molecule has 8 heteroatoms. The third-order valence-corrected chi connectivity index (χ3v) is 3.95. The van der Waals surface area contributed by atoms with Crippen molar-refractivity contribution < 1.29 is 17.4 Å². The van der Waals surface area contributed by atoms with Gasteiger partial charge < -0.3 is 0 Å². The highest BCUT2D eigenvalue weighted by molar-refractivity contribution is 7.84. The zero-order valence-corrected chi connectivity index (χ0v) is 11.9. The summed E-state index contributed by atoms with van der Waals surface area (Å²) in [6, 6.07) is -0.401. The van der Waals surface area contributed by atoms with Gasteiger partial charge in [-0.1, -0.05) is 0 Å². The van der Waals surface area contributed by atoms with Gasteiger partial charge >= 0.3 is 6.18 Å². The Morgan fingerprint density at radius 2 is 1.68 bits per heavy atom. The van der Waals surface area contributed by atoms with Gasteiger partial charge in [-0.25, -0.2) is 18.9 Å². The standard InChI is InChI=1S/C11H16F3N3OS/c1-7(17-19(18)10(2,3)4)8-5-15-9(16-6-8)11(12,13)14/h5-7,17H,1-4H3. The molecule has 0 bridgehead atoms. The highest BCUT2D eigenvalue weighted by Gasteiger charge is 2.34. The molecular weight excluding hydrogens is 279 g/mol. The van der Waals surface area contributed by atoms with Crippen LogP contribution in [0.2, 0.25) is 0 Å². The lowest BCUT2D eigenvalue weighted by atomic mass is 10.2. The largest absolute Gasteiger partial charge is 0.451 e. The van der Waals surface area contributed by atoms with E-state index >= 15 is 0 Å². The molecule has 1 heterocycles. The molecule has 0 aliphatic carbocycles. The molecule has 0 amide bonds. The van der Waals surface area contributed by atoms with Crippen molar-refractivity contribution in [3.63, 3.8) is 0 Å². The van der Waals surface area contributed by atoms with E-state index in [-0.39, 0.29) is 0 Å². The minimum atomic E-state index is -4.55. The monoisotopic (exact) mass is 295 g/mol. The number of rotatable bonds is 3. The molecule has 1 N–H and O–H groups in total. The summed E-state index contributed by atoms with van der Waals surface area (Å²) < 4.78 is 51.1. The maximum absolute atomic E-state index is 12.3. The average Bonchev–Trinajstić information content (AvgIpc) is 2.26. The summed E-state index contributed by atoms with van der Waals surface area (Å²) in [5.74, 6) is -1.18. The van der Waals surface area contributed by atoms with Gasteiger partial charge in [0.25, 0.3) is 0 Å². The van der Waals surface area contributed by atoms with Crippen LogP contribution in [0.5, 0.6) is 0 Å². The number of hydrogen-bond donors (Lipinski definition) is 1. The summed E-state index contributed by atoms with van der Waals surface area (Å²) in [4.78, 5) is 6.53. The molecule has 2 unspecified atom stereocenters. The van der Waals surface area contributed by atoms with Crippen LogP contribution in [0, 0.1) is 0 Å². The zero-order chi connectivity index (χ0) is 14.8. The molecule has 0 radical (unpaired) electrons. The molecule has 1 aromatic heterocycles. The van der Waals surface area contributed by atoms with E-state index in [1.807, 2.05) is 0 Å². The summed E-state index contributed by atoms with van der Waals surface area (Å²) in [5.41, 5.74) is 0.450. The van der Waals surface area contributed by atoms with Crippen LogP contribution in [-0.2, 0) is 17.2 Å². The molecule has 0 aliphatic heterocycles. The van der Waals surface area contributed by atoms with E-state index in [1.165, 1.54) is 0 Å². The number of aromatic nitrogens is 2. The average molecular weight is 295 g/mol. The molecule has 0 saturated heterocycles. The minimum absolute atomic E-state index is 0.401. The van der Waals surface area contributed by atoms with Crippen LogP contribution in [0.3, 0.4) is 0 Å². The van der Waals surface area contributed by atoms with Crippen molar-refractivity contribution in [3.05, 3.63) is 23.8 Å². The van der Waals surface area contributed by atoms with E-state index in [1.54, 1.807) is 27.7 Å². The fourth-order valence-corrected chi connectivity index (χ4v) is 1.92. The lowest BCUT2D eigenvalue weighted by Crippen LogP contribution is -2.34. The van der Waals surface area contributed by atoms with E-state index < -0.39 is 33.8 Å². The number of nitrogens with zero attached hydrogens (tertiary/aromatic N) is 2. The molecule has 4 nitrogen and oxygen atoms in total. The first-order chi connectivity index (χ1) is 8.51. The molecule has 0 aromatic carbocycles. The van der Waals surface area contributed by atoms with Crippen LogP contribution in [0.4, 0.5) is 13.2 Å². The van der Waals surface area contributed by atoms with Gasteiger partial charge in [0.05, 0.1) is 15.7 Å². The summed E-state index contributed by atoms with van der Waals surface area (Å²) in [7, 11) is -1.32. The van der Waals surface area contributed by atoms with Crippen molar-refractivity contribution in [3.8, 4) is 0 Å². The molecule has 19 heavy (non-hydrogen) atoms. The number of halogens is 3. The van der Waals surface area contributed by atoms with Gasteiger partial charge in [-0.05, 0) is 27.7 Å². The normalized spacial score (nSPS) is 16.2. The highest BCUT2D eigenvalue weighted by Crippen LogP contribution is 2.26. The van der Waals surface area contributed by atoms with Gasteiger partial charge in [-0.3, -0.25) is 0 Å². The Bertz CT molecular complexity index is 454. The molecule has 0 fully saturated rings. The van der Waals surface area contributed by atoms with Crippen LogP contribution >= 0.6 is 0 Å². The lowest BCUT2D eigenvalue weighted by Gasteiger charge is -2.21. The first-order valence-corrected chi connectivity index (χ1v) is 6.74. The van der Waals surface area contributed by atoms with Crippen molar-refractivity contribution in [2.75, 3.05) is 0 Å². The zero-order valence-electron chi connectivity index (χ0n) is 11.1. The second-order valence-electron chi connectivity index (χ2n) is 5.06. The topological polar surface area (TPSA) is 54.9 Å². The van der Waals surface area contributed by atoms with Crippen LogP contribution in [0.1, 0.15) is 45.1 Å². The third kappa shape index (κ3) is 4.54. The molecular formula is C11H16F3N3OS. The Kier molecular flexibility index (Phi) is 4.67. The number of hydrogen-bond acceptors (Lipinski definition) is 3. The van der Waals surface area contributed by atoms with E-state index in [0.29, 0.717) is 5.56 Å². The van der Waals surface area contributed by atoms with Crippen molar-refractivity contribution >= 4 is 11.0 Å². The first kappa shape index (κ1) is 16.0. The Morgan fingerprint density at radius 3 is 2.05 bits per heavy atom. The first-order valence-electron chi connectivity index (χ1n) is 5.59. The summed E-state index contributed by atoms with van der Waals surface area (Å²) in [5, 5.41) is 0. The maximum atomic E-state index is 12.3. The van der Waals surface area contributed by atoms with Gasteiger partial charge in [0.1, 0.15) is 0 Å². The van der Waals surface area contributed by atoms with E-state index in [4.69, 9.17) is 0 Å². The molecule has 108 valence electrons.